The lowest BCUT2D eigenvalue weighted by atomic mass is 9.72. The fraction of sp³-hybridized carbons (Fsp3) is 0.273. The fourth-order valence-corrected chi connectivity index (χ4v) is 3.17. The molecule has 0 bridgehead atoms. The summed E-state index contributed by atoms with van der Waals surface area (Å²) in [5.74, 6) is -6.48. The highest BCUT2D eigenvalue weighted by atomic mass is 16.4. The predicted octanol–water partition coefficient (Wildman–Crippen LogP) is 1.17. The van der Waals surface area contributed by atoms with Crippen molar-refractivity contribution in [2.45, 2.75) is 25.0 Å². The molecule has 0 saturated heterocycles. The van der Waals surface area contributed by atoms with E-state index in [0.717, 1.165) is 4.90 Å². The number of carboxylic acid groups (broad SMARTS) is 1. The molecule has 2 rings (SSSR count). The summed E-state index contributed by atoms with van der Waals surface area (Å²) >= 11 is 0. The van der Waals surface area contributed by atoms with Crippen molar-refractivity contribution in [2.24, 2.45) is 0 Å². The Bertz CT molecular complexity index is 940. The average Bonchev–Trinajstić information content (AvgIpc) is 2.78. The van der Waals surface area contributed by atoms with Gasteiger partial charge in [-0.1, -0.05) is 60.7 Å². The molecule has 2 atom stereocenters. The number of aliphatic hydroxyl groups is 2. The number of carbonyl (C=O) groups is 4. The third kappa shape index (κ3) is 3.62. The van der Waals surface area contributed by atoms with Gasteiger partial charge in [0.25, 0.3) is 17.1 Å². The summed E-state index contributed by atoms with van der Waals surface area (Å²) in [5.41, 5.74) is -7.88. The molecule has 0 radical (unpaired) electrons. The van der Waals surface area contributed by atoms with Gasteiger partial charge in [0.05, 0.1) is 0 Å². The number of aliphatic carboxylic acids is 1. The van der Waals surface area contributed by atoms with Crippen LogP contribution in [0.15, 0.2) is 60.7 Å². The molecule has 0 heterocycles. The van der Waals surface area contributed by atoms with Gasteiger partial charge >= 0.3 is 5.97 Å². The largest absolute Gasteiger partial charge is 0.479 e. The number of rotatable bonds is 9. The molecule has 30 heavy (non-hydrogen) atoms. The zero-order valence-corrected chi connectivity index (χ0v) is 16.6. The Morgan fingerprint density at radius 1 is 0.733 bits per heavy atom. The Balaban J connectivity index is 2.80. The minimum atomic E-state index is -3.76. The summed E-state index contributed by atoms with van der Waals surface area (Å²) in [7, 11) is 0. The number of hydrogen-bond donors (Lipinski definition) is 3. The van der Waals surface area contributed by atoms with Crippen LogP contribution < -0.4 is 0 Å². The minimum Gasteiger partial charge on any atom is -0.479 e. The van der Waals surface area contributed by atoms with Gasteiger partial charge in [-0.05, 0) is 13.8 Å². The lowest BCUT2D eigenvalue weighted by Crippen LogP contribution is -2.73. The lowest BCUT2D eigenvalue weighted by Gasteiger charge is -2.39. The highest BCUT2D eigenvalue weighted by Crippen LogP contribution is 2.33. The average molecular weight is 413 g/mol. The number of nitrogens with zero attached hydrogens (tertiary/aromatic N) is 1. The molecule has 3 N–H and O–H groups in total. The van der Waals surface area contributed by atoms with Crippen LogP contribution in [-0.4, -0.2) is 68.0 Å². The summed E-state index contributed by atoms with van der Waals surface area (Å²) in [5, 5.41) is 32.3. The zero-order chi connectivity index (χ0) is 22.5. The molecule has 0 unspecified atom stereocenters. The summed E-state index contributed by atoms with van der Waals surface area (Å²) in [4.78, 5) is 52.7. The number of likely N-dealkylation sites (N-methyl/N-ethyl adjacent to an activating group) is 1. The Labute approximate surface area is 173 Å². The number of benzene rings is 2. The van der Waals surface area contributed by atoms with Crippen LogP contribution in [-0.2, 0) is 9.59 Å². The number of Topliss-reactive ketones (excluding diaryl/α,β-unsaturated/α-hetero) is 2. The molecule has 2 aromatic carbocycles. The summed E-state index contributed by atoms with van der Waals surface area (Å²) in [6, 6.07) is 13.8. The van der Waals surface area contributed by atoms with Gasteiger partial charge in [-0.2, -0.15) is 0 Å². The molecular weight excluding hydrogens is 390 g/mol. The summed E-state index contributed by atoms with van der Waals surface area (Å²) in [6.45, 7) is 3.12. The second-order valence-electron chi connectivity index (χ2n) is 6.59. The van der Waals surface area contributed by atoms with Gasteiger partial charge in [0, 0.05) is 24.2 Å². The molecule has 1 amide bonds. The van der Waals surface area contributed by atoms with E-state index >= 15 is 0 Å². The molecule has 0 aliphatic heterocycles. The first-order valence-corrected chi connectivity index (χ1v) is 9.33. The van der Waals surface area contributed by atoms with E-state index in [-0.39, 0.29) is 24.2 Å². The molecular formula is C22H23NO7. The van der Waals surface area contributed by atoms with Crippen molar-refractivity contribution in [3.63, 3.8) is 0 Å². The number of carboxylic acids is 1. The van der Waals surface area contributed by atoms with Crippen LogP contribution in [0.3, 0.4) is 0 Å². The van der Waals surface area contributed by atoms with Crippen molar-refractivity contribution in [1.82, 2.24) is 4.90 Å². The first-order chi connectivity index (χ1) is 14.2. The fourth-order valence-electron chi connectivity index (χ4n) is 3.17. The van der Waals surface area contributed by atoms with Crippen LogP contribution in [0.25, 0.3) is 0 Å². The van der Waals surface area contributed by atoms with Gasteiger partial charge in [-0.25, -0.2) is 4.79 Å². The van der Waals surface area contributed by atoms with Crippen LogP contribution >= 0.6 is 0 Å². The van der Waals surface area contributed by atoms with Gasteiger partial charge in [0.2, 0.25) is 11.6 Å². The highest BCUT2D eigenvalue weighted by Gasteiger charge is 2.69. The van der Waals surface area contributed by atoms with Crippen LogP contribution in [0.5, 0.6) is 0 Å². The zero-order valence-electron chi connectivity index (χ0n) is 16.6. The number of amides is 1. The Morgan fingerprint density at radius 2 is 1.10 bits per heavy atom. The van der Waals surface area contributed by atoms with Crippen molar-refractivity contribution >= 4 is 23.4 Å². The molecule has 8 heteroatoms. The first kappa shape index (κ1) is 22.9. The van der Waals surface area contributed by atoms with E-state index < -0.39 is 34.6 Å². The minimum absolute atomic E-state index is 0.00887. The summed E-state index contributed by atoms with van der Waals surface area (Å²) < 4.78 is 0. The van der Waals surface area contributed by atoms with E-state index in [0.29, 0.717) is 0 Å². The normalized spacial score (nSPS) is 14.8. The van der Waals surface area contributed by atoms with E-state index in [1.165, 1.54) is 48.5 Å². The highest BCUT2D eigenvalue weighted by molar-refractivity contribution is 6.29. The third-order valence-corrected chi connectivity index (χ3v) is 4.92. The maximum Gasteiger partial charge on any atom is 0.348 e. The molecule has 8 nitrogen and oxygen atoms in total. The quantitative estimate of drug-likeness (QED) is 0.415. The van der Waals surface area contributed by atoms with Crippen LogP contribution in [0.2, 0.25) is 0 Å². The van der Waals surface area contributed by atoms with Crippen LogP contribution in [0.4, 0.5) is 0 Å². The number of hydrogen-bond acceptors (Lipinski definition) is 6. The van der Waals surface area contributed by atoms with E-state index in [9.17, 15) is 34.5 Å². The van der Waals surface area contributed by atoms with E-state index in [4.69, 9.17) is 0 Å². The van der Waals surface area contributed by atoms with Crippen molar-refractivity contribution in [3.05, 3.63) is 71.8 Å². The van der Waals surface area contributed by atoms with Crippen molar-refractivity contribution in [3.8, 4) is 0 Å². The van der Waals surface area contributed by atoms with Gasteiger partial charge in [0.15, 0.2) is 0 Å². The molecule has 158 valence electrons. The standard InChI is InChI=1S/C22H23NO7/c1-3-23(4-2)19(26)21(29,17(24)15-11-7-5-8-12-15)22(30,20(27)28)18(25)16-13-9-6-10-14-16/h5-14,29-30H,3-4H2,1-2H3,(H,27,28)/t21-,22-/m0/s1. The Morgan fingerprint density at radius 3 is 1.43 bits per heavy atom. The van der Waals surface area contributed by atoms with Gasteiger partial charge in [-0.15, -0.1) is 0 Å². The monoisotopic (exact) mass is 413 g/mol. The molecule has 0 saturated carbocycles. The topological polar surface area (TPSA) is 132 Å². The maximum absolute atomic E-state index is 13.3. The van der Waals surface area contributed by atoms with Gasteiger partial charge in [0.1, 0.15) is 0 Å². The second kappa shape index (κ2) is 8.98. The smallest absolute Gasteiger partial charge is 0.348 e. The number of carbonyl (C=O) groups excluding carboxylic acids is 3. The Hall–Kier alpha value is -3.36. The molecule has 0 aliphatic rings. The van der Waals surface area contributed by atoms with Gasteiger partial charge in [-0.3, -0.25) is 14.4 Å². The van der Waals surface area contributed by atoms with Crippen LogP contribution in [0.1, 0.15) is 34.6 Å². The molecule has 0 fully saturated rings. The molecule has 0 aliphatic carbocycles. The number of ketones is 2. The van der Waals surface area contributed by atoms with Crippen LogP contribution in [0, 0.1) is 0 Å². The van der Waals surface area contributed by atoms with Gasteiger partial charge < -0.3 is 20.2 Å². The van der Waals surface area contributed by atoms with Crippen molar-refractivity contribution < 1.29 is 34.5 Å². The lowest BCUT2D eigenvalue weighted by molar-refractivity contribution is -0.183. The SMILES string of the molecule is CCN(CC)C(=O)[C@@](O)(C(=O)c1ccccc1)[C@@](O)(C(=O)O)C(=O)c1ccccc1. The van der Waals surface area contributed by atoms with E-state index in [1.807, 2.05) is 0 Å². The molecule has 2 aromatic rings. The maximum atomic E-state index is 13.3. The summed E-state index contributed by atoms with van der Waals surface area (Å²) in [6.07, 6.45) is 0. The van der Waals surface area contributed by atoms with E-state index in [2.05, 4.69) is 0 Å². The van der Waals surface area contributed by atoms with Crippen molar-refractivity contribution in [2.75, 3.05) is 13.1 Å². The van der Waals surface area contributed by atoms with Crippen molar-refractivity contribution in [1.29, 1.82) is 0 Å². The van der Waals surface area contributed by atoms with E-state index in [1.54, 1.807) is 26.0 Å². The Kier molecular flexibility index (Phi) is 6.86. The predicted molar refractivity (Wildman–Crippen MR) is 107 cm³/mol. The second-order valence-corrected chi connectivity index (χ2v) is 6.59. The third-order valence-electron chi connectivity index (χ3n) is 4.92. The molecule has 0 aromatic heterocycles. The molecule has 0 spiro atoms. The first-order valence-electron chi connectivity index (χ1n) is 9.33.